The molecule has 1 aromatic rings. The highest BCUT2D eigenvalue weighted by atomic mass is 32.2. The summed E-state index contributed by atoms with van der Waals surface area (Å²) in [7, 11) is 0. The molecule has 1 aliphatic carbocycles. The van der Waals surface area contributed by atoms with Crippen molar-refractivity contribution in [3.05, 3.63) is 30.1 Å². The predicted molar refractivity (Wildman–Crippen MR) is 76.8 cm³/mol. The summed E-state index contributed by atoms with van der Waals surface area (Å²) < 4.78 is 13.1. The van der Waals surface area contributed by atoms with Gasteiger partial charge >= 0.3 is 0 Å². The third kappa shape index (κ3) is 2.16. The van der Waals surface area contributed by atoms with Gasteiger partial charge in [0, 0.05) is 5.69 Å². The van der Waals surface area contributed by atoms with Crippen molar-refractivity contribution < 1.29 is 9.18 Å². The summed E-state index contributed by atoms with van der Waals surface area (Å²) in [5.41, 5.74) is 0.838. The molecule has 1 atom stereocenters. The number of amides is 1. The Morgan fingerprint density at radius 2 is 1.84 bits per heavy atom. The van der Waals surface area contributed by atoms with Gasteiger partial charge in [-0.05, 0) is 44.0 Å². The van der Waals surface area contributed by atoms with Crippen LogP contribution in [0.4, 0.5) is 10.1 Å². The molecule has 0 N–H and O–H groups in total. The van der Waals surface area contributed by atoms with Gasteiger partial charge in [-0.15, -0.1) is 11.8 Å². The summed E-state index contributed by atoms with van der Waals surface area (Å²) in [5.74, 6) is -0.0905. The molecule has 2 fully saturated rings. The fourth-order valence-electron chi connectivity index (χ4n) is 3.21. The second-order valence-corrected chi connectivity index (χ2v) is 7.12. The Bertz CT molecular complexity index is 481. The quantitative estimate of drug-likeness (QED) is 0.775. The number of carbonyl (C=O) groups is 1. The number of hydrogen-bond acceptors (Lipinski definition) is 2. The van der Waals surface area contributed by atoms with Crippen molar-refractivity contribution in [2.24, 2.45) is 0 Å². The van der Waals surface area contributed by atoms with Crippen LogP contribution in [0.1, 0.15) is 39.0 Å². The third-order valence-electron chi connectivity index (χ3n) is 4.09. The van der Waals surface area contributed by atoms with Gasteiger partial charge in [0.1, 0.15) is 5.82 Å². The lowest BCUT2D eigenvalue weighted by Crippen LogP contribution is -2.46. The molecule has 3 rings (SSSR count). The topological polar surface area (TPSA) is 20.3 Å². The molecule has 1 unspecified atom stereocenters. The molecule has 0 bridgehead atoms. The number of rotatable bonds is 1. The van der Waals surface area contributed by atoms with E-state index in [-0.39, 0.29) is 21.8 Å². The number of carbonyl (C=O) groups excluding carboxylic acids is 1. The minimum atomic E-state index is -0.256. The van der Waals surface area contributed by atoms with Gasteiger partial charge in [-0.2, -0.15) is 0 Å². The van der Waals surface area contributed by atoms with Crippen LogP contribution in [0, 0.1) is 5.82 Å². The average Bonchev–Trinajstić information content (AvgIpc) is 2.64. The number of hydrogen-bond donors (Lipinski definition) is 0. The molecule has 102 valence electrons. The molecular formula is C15H18FNOS. The highest BCUT2D eigenvalue weighted by Gasteiger charge is 2.50. The third-order valence-corrected chi connectivity index (χ3v) is 5.68. The van der Waals surface area contributed by atoms with E-state index in [1.165, 1.54) is 31.4 Å². The standard InChI is InChI=1S/C15H18FNOS/c1-11-14(18)17(13-7-5-12(16)6-8-13)15(19-11)9-3-2-4-10-15/h5-8,11H,2-4,9-10H2,1H3. The molecule has 4 heteroatoms. The van der Waals surface area contributed by atoms with Crippen molar-refractivity contribution in [2.45, 2.75) is 49.1 Å². The Labute approximate surface area is 117 Å². The van der Waals surface area contributed by atoms with Crippen LogP contribution < -0.4 is 4.90 Å². The second-order valence-electron chi connectivity index (χ2n) is 5.42. The Kier molecular flexibility index (Phi) is 3.29. The molecule has 1 saturated carbocycles. The van der Waals surface area contributed by atoms with Crippen LogP contribution in [-0.2, 0) is 4.79 Å². The highest BCUT2D eigenvalue weighted by molar-refractivity contribution is 8.02. The Balaban J connectivity index is 1.99. The predicted octanol–water partition coefficient (Wildman–Crippen LogP) is 3.95. The average molecular weight is 279 g/mol. The van der Waals surface area contributed by atoms with Crippen molar-refractivity contribution in [3.63, 3.8) is 0 Å². The zero-order valence-corrected chi connectivity index (χ0v) is 11.9. The van der Waals surface area contributed by atoms with E-state index in [9.17, 15) is 9.18 Å². The first-order chi connectivity index (χ1) is 9.12. The molecule has 1 aromatic carbocycles. The van der Waals surface area contributed by atoms with E-state index in [2.05, 4.69) is 0 Å². The van der Waals surface area contributed by atoms with E-state index < -0.39 is 0 Å². The summed E-state index contributed by atoms with van der Waals surface area (Å²) in [5, 5.41) is 0.00292. The fourth-order valence-corrected chi connectivity index (χ4v) is 4.90. The lowest BCUT2D eigenvalue weighted by atomic mass is 9.93. The second kappa shape index (κ2) is 4.82. The van der Waals surface area contributed by atoms with Crippen LogP contribution in [0.5, 0.6) is 0 Å². The van der Waals surface area contributed by atoms with Gasteiger partial charge in [0.05, 0.1) is 10.1 Å². The van der Waals surface area contributed by atoms with E-state index in [4.69, 9.17) is 0 Å². The molecule has 0 aromatic heterocycles. The first kappa shape index (κ1) is 13.0. The molecule has 1 saturated heterocycles. The lowest BCUT2D eigenvalue weighted by molar-refractivity contribution is -0.117. The van der Waals surface area contributed by atoms with Crippen LogP contribution in [0.2, 0.25) is 0 Å². The van der Waals surface area contributed by atoms with E-state index in [0.29, 0.717) is 0 Å². The molecule has 0 radical (unpaired) electrons. The lowest BCUT2D eigenvalue weighted by Gasteiger charge is -2.40. The Morgan fingerprint density at radius 3 is 2.47 bits per heavy atom. The van der Waals surface area contributed by atoms with Gasteiger partial charge in [0.25, 0.3) is 0 Å². The van der Waals surface area contributed by atoms with Crippen LogP contribution in [0.15, 0.2) is 24.3 Å². The van der Waals surface area contributed by atoms with Gasteiger partial charge in [0.2, 0.25) is 5.91 Å². The molecule has 1 spiro atoms. The molecule has 1 aliphatic heterocycles. The van der Waals surface area contributed by atoms with Crippen molar-refractivity contribution in [3.8, 4) is 0 Å². The smallest absolute Gasteiger partial charge is 0.241 e. The van der Waals surface area contributed by atoms with Crippen LogP contribution in [0.25, 0.3) is 0 Å². The maximum atomic E-state index is 13.1. The number of halogens is 1. The van der Waals surface area contributed by atoms with Crippen LogP contribution in [-0.4, -0.2) is 16.0 Å². The number of benzene rings is 1. The van der Waals surface area contributed by atoms with Gasteiger partial charge in [-0.25, -0.2) is 4.39 Å². The van der Waals surface area contributed by atoms with Crippen LogP contribution >= 0.6 is 11.8 Å². The SMILES string of the molecule is CC1SC2(CCCCC2)N(c2ccc(F)cc2)C1=O. The fraction of sp³-hybridized carbons (Fsp3) is 0.533. The summed E-state index contributed by atoms with van der Waals surface area (Å²) in [6.45, 7) is 1.98. The van der Waals surface area contributed by atoms with Gasteiger partial charge in [0.15, 0.2) is 0 Å². The van der Waals surface area contributed by atoms with E-state index in [1.807, 2.05) is 11.8 Å². The number of nitrogens with zero attached hydrogens (tertiary/aromatic N) is 1. The summed E-state index contributed by atoms with van der Waals surface area (Å²) in [6.07, 6.45) is 5.69. The zero-order valence-electron chi connectivity index (χ0n) is 11.1. The van der Waals surface area contributed by atoms with Crippen molar-refractivity contribution in [1.82, 2.24) is 0 Å². The van der Waals surface area contributed by atoms with Crippen molar-refractivity contribution in [1.29, 1.82) is 0 Å². The van der Waals surface area contributed by atoms with Gasteiger partial charge in [-0.3, -0.25) is 9.69 Å². The van der Waals surface area contributed by atoms with E-state index in [0.717, 1.165) is 18.5 Å². The maximum Gasteiger partial charge on any atom is 0.241 e. The first-order valence-corrected chi connectivity index (χ1v) is 7.78. The van der Waals surface area contributed by atoms with Gasteiger partial charge < -0.3 is 0 Å². The zero-order chi connectivity index (χ0) is 13.5. The molecular weight excluding hydrogens is 261 g/mol. The minimum absolute atomic E-state index is 0.00292. The maximum absolute atomic E-state index is 13.1. The molecule has 1 amide bonds. The van der Waals surface area contributed by atoms with Crippen LogP contribution in [0.3, 0.4) is 0 Å². The van der Waals surface area contributed by atoms with Crippen molar-refractivity contribution >= 4 is 23.4 Å². The number of thioether (sulfide) groups is 1. The Morgan fingerprint density at radius 1 is 1.21 bits per heavy atom. The Hall–Kier alpha value is -1.03. The largest absolute Gasteiger partial charge is 0.296 e. The van der Waals surface area contributed by atoms with Gasteiger partial charge in [-0.1, -0.05) is 19.3 Å². The van der Waals surface area contributed by atoms with E-state index >= 15 is 0 Å². The molecule has 1 heterocycles. The first-order valence-electron chi connectivity index (χ1n) is 6.90. The summed E-state index contributed by atoms with van der Waals surface area (Å²) in [6, 6.07) is 6.32. The molecule has 19 heavy (non-hydrogen) atoms. The minimum Gasteiger partial charge on any atom is -0.296 e. The summed E-state index contributed by atoms with van der Waals surface area (Å²) in [4.78, 5) is 14.3. The normalized spacial score (nSPS) is 26.1. The monoisotopic (exact) mass is 279 g/mol. The van der Waals surface area contributed by atoms with Crippen molar-refractivity contribution in [2.75, 3.05) is 4.90 Å². The molecule has 2 aliphatic rings. The van der Waals surface area contributed by atoms with E-state index in [1.54, 1.807) is 23.9 Å². The number of anilines is 1. The summed E-state index contributed by atoms with van der Waals surface area (Å²) >= 11 is 1.79. The molecule has 2 nitrogen and oxygen atoms in total. The highest BCUT2D eigenvalue weighted by Crippen LogP contribution is 2.51.